The monoisotopic (exact) mass is 969 g/mol. The summed E-state index contributed by atoms with van der Waals surface area (Å²) in [6, 6.07) is 19.6. The van der Waals surface area contributed by atoms with Gasteiger partial charge in [0.2, 0.25) is 0 Å². The molecule has 5 aromatic rings. The normalized spacial score (nSPS) is 19.6. The van der Waals surface area contributed by atoms with E-state index in [-0.39, 0.29) is 11.8 Å². The number of hydrogen-bond donors (Lipinski definition) is 1. The highest BCUT2D eigenvalue weighted by Crippen LogP contribution is 2.42. The van der Waals surface area contributed by atoms with Crippen molar-refractivity contribution in [2.45, 2.75) is 65.0 Å². The lowest BCUT2D eigenvalue weighted by molar-refractivity contribution is -0.0444. The van der Waals surface area contributed by atoms with Crippen molar-refractivity contribution in [1.29, 1.82) is 0 Å². The zero-order valence-corrected chi connectivity index (χ0v) is 36.7. The number of pyridine rings is 1. The molecule has 3 aliphatic heterocycles. The first-order chi connectivity index (χ1) is 26.7. The molecule has 3 saturated heterocycles. The molecule has 3 aromatic carbocycles. The highest BCUT2D eigenvalue weighted by molar-refractivity contribution is 14.1. The molecular formula is C45H53I2N3O5. The van der Waals surface area contributed by atoms with E-state index in [1.165, 1.54) is 6.42 Å². The molecule has 10 heteroatoms. The number of fused-ring (bicyclic) bond motifs is 5. The number of rotatable bonds is 15. The van der Waals surface area contributed by atoms with Gasteiger partial charge in [-0.1, -0.05) is 51.5 Å². The molecule has 0 aliphatic carbocycles. The number of hydrogen-bond acceptors (Lipinski definition) is 8. The highest BCUT2D eigenvalue weighted by atomic mass is 127. The second-order valence-corrected chi connectivity index (χ2v) is 16.8. The molecule has 0 spiro atoms. The Morgan fingerprint density at radius 2 is 1.85 bits per heavy atom. The average molecular weight is 970 g/mol. The maximum atomic E-state index is 13.6. The molecule has 55 heavy (non-hydrogen) atoms. The Morgan fingerprint density at radius 3 is 2.53 bits per heavy atom. The van der Waals surface area contributed by atoms with Crippen LogP contribution in [0.1, 0.15) is 79.8 Å². The van der Waals surface area contributed by atoms with E-state index in [4.69, 9.17) is 13.9 Å². The van der Waals surface area contributed by atoms with Crippen LogP contribution in [-0.2, 0) is 6.42 Å². The third-order valence-electron chi connectivity index (χ3n) is 11.3. The van der Waals surface area contributed by atoms with Gasteiger partial charge in [-0.2, -0.15) is 0 Å². The quantitative estimate of drug-likeness (QED) is 0.0631. The van der Waals surface area contributed by atoms with E-state index >= 15 is 0 Å². The molecule has 0 radical (unpaired) electrons. The fourth-order valence-electron chi connectivity index (χ4n) is 8.09. The predicted molar refractivity (Wildman–Crippen MR) is 238 cm³/mol. The molecule has 1 unspecified atom stereocenters. The Bertz CT molecular complexity index is 2070. The standard InChI is InChI=1S/C25H29I2NO3.C20H24N2O2/c1-4-7-11-22-23(18-10-8-9-12-21(18)31-22)24(29)17-15-19(26)25(20(27)16-17)30-14-13-28(5-2)6-3;1-3-13-12-22-9-7-14(13)10-19(22)20(23)16-6-8-21-18-5-4-15(24-2)11-17(16)18/h8-10,12,15-16H,4-7,11,13-14H2,1-3H3;3-6,8,11,13-14,19-20,23H,1,7,9-10,12H2,2H3/t;13-,14-,19+,20-/m.0/s1. The third kappa shape index (κ3) is 9.41. The smallest absolute Gasteiger partial charge is 0.197 e. The van der Waals surface area contributed by atoms with Gasteiger partial charge in [-0.3, -0.25) is 14.7 Å². The van der Waals surface area contributed by atoms with Crippen LogP contribution >= 0.6 is 45.2 Å². The van der Waals surface area contributed by atoms with Crippen molar-refractivity contribution in [3.05, 3.63) is 109 Å². The molecule has 5 heterocycles. The summed E-state index contributed by atoms with van der Waals surface area (Å²) in [5.74, 6) is 3.67. The average Bonchev–Trinajstić information content (AvgIpc) is 3.60. The lowest BCUT2D eigenvalue weighted by Crippen LogP contribution is -2.54. The molecule has 0 saturated carbocycles. The van der Waals surface area contributed by atoms with Crippen LogP contribution in [0.2, 0.25) is 0 Å². The second kappa shape index (κ2) is 19.4. The maximum Gasteiger partial charge on any atom is 0.197 e. The summed E-state index contributed by atoms with van der Waals surface area (Å²) in [7, 11) is 1.66. The molecule has 3 fully saturated rings. The van der Waals surface area contributed by atoms with Crippen molar-refractivity contribution < 1.29 is 23.8 Å². The zero-order valence-electron chi connectivity index (χ0n) is 32.4. The minimum absolute atomic E-state index is 0.0153. The van der Waals surface area contributed by atoms with Gasteiger partial charge in [-0.25, -0.2) is 0 Å². The van der Waals surface area contributed by atoms with Gasteiger partial charge in [-0.05, 0) is 144 Å². The number of furan rings is 1. The third-order valence-corrected chi connectivity index (χ3v) is 12.9. The number of halogens is 2. The molecule has 8 nitrogen and oxygen atoms in total. The summed E-state index contributed by atoms with van der Waals surface area (Å²) >= 11 is 4.54. The number of unbranched alkanes of at least 4 members (excludes halogenated alkanes) is 1. The number of piperidine rings is 3. The number of ether oxygens (including phenoxy) is 2. The number of aromatic nitrogens is 1. The van der Waals surface area contributed by atoms with Crippen molar-refractivity contribution in [3.63, 3.8) is 0 Å². The molecule has 5 atom stereocenters. The van der Waals surface area contributed by atoms with Gasteiger partial charge in [0.15, 0.2) is 5.78 Å². The molecule has 8 rings (SSSR count). The van der Waals surface area contributed by atoms with Crippen LogP contribution in [0.5, 0.6) is 11.5 Å². The Balaban J connectivity index is 0.000000193. The van der Waals surface area contributed by atoms with Crippen LogP contribution in [0.25, 0.3) is 21.9 Å². The number of ketones is 1. The Hall–Kier alpha value is -3.04. The SMILES string of the molecule is C=C[C@H]1CN2CC[C@H]1C[C@@H]2[C@@H](O)c1ccnc2ccc(OC)cc12.CCCCc1oc2ccccc2c1C(=O)c1cc(I)c(OCCN(CC)CC)c(I)c1. The Kier molecular flexibility index (Phi) is 14.7. The van der Waals surface area contributed by atoms with Gasteiger partial charge in [0, 0.05) is 48.1 Å². The van der Waals surface area contributed by atoms with Gasteiger partial charge in [0.05, 0.1) is 31.4 Å². The number of nitrogens with zero attached hydrogens (tertiary/aromatic N) is 3. The summed E-state index contributed by atoms with van der Waals surface area (Å²) in [5, 5.41) is 13.0. The predicted octanol–water partition coefficient (Wildman–Crippen LogP) is 10.1. The van der Waals surface area contributed by atoms with Gasteiger partial charge >= 0.3 is 0 Å². The largest absolute Gasteiger partial charge is 0.497 e. The van der Waals surface area contributed by atoms with Crippen LogP contribution in [0.4, 0.5) is 0 Å². The number of aliphatic hydroxyl groups excluding tert-OH is 1. The Morgan fingerprint density at radius 1 is 1.09 bits per heavy atom. The molecule has 2 aromatic heterocycles. The van der Waals surface area contributed by atoms with Crippen LogP contribution in [0.3, 0.4) is 0 Å². The van der Waals surface area contributed by atoms with E-state index < -0.39 is 6.10 Å². The first kappa shape index (κ1) is 41.6. The minimum Gasteiger partial charge on any atom is -0.497 e. The summed E-state index contributed by atoms with van der Waals surface area (Å²) < 4.78 is 19.4. The van der Waals surface area contributed by atoms with Crippen LogP contribution < -0.4 is 9.47 Å². The van der Waals surface area contributed by atoms with E-state index in [1.54, 1.807) is 13.3 Å². The van der Waals surface area contributed by atoms with E-state index in [0.717, 1.165) is 110 Å². The van der Waals surface area contributed by atoms with Gasteiger partial charge in [0.25, 0.3) is 0 Å². The first-order valence-corrected chi connectivity index (χ1v) is 21.7. The first-order valence-electron chi connectivity index (χ1n) is 19.6. The molecule has 3 aliphatic rings. The second-order valence-electron chi connectivity index (χ2n) is 14.4. The van der Waals surface area contributed by atoms with Crippen LogP contribution in [-0.4, -0.2) is 78.2 Å². The summed E-state index contributed by atoms with van der Waals surface area (Å²) in [5.41, 5.74) is 4.00. The van der Waals surface area contributed by atoms with E-state index in [2.05, 4.69) is 93.4 Å². The minimum atomic E-state index is -0.504. The van der Waals surface area contributed by atoms with Gasteiger partial charge in [-0.15, -0.1) is 6.58 Å². The van der Waals surface area contributed by atoms with Crippen LogP contribution in [0, 0.1) is 19.0 Å². The lowest BCUT2D eigenvalue weighted by Gasteiger charge is -2.50. The van der Waals surface area contributed by atoms with Crippen molar-refractivity contribution in [2.24, 2.45) is 11.8 Å². The van der Waals surface area contributed by atoms with Crippen molar-refractivity contribution in [3.8, 4) is 11.5 Å². The number of methoxy groups -OCH3 is 1. The van der Waals surface area contributed by atoms with Crippen molar-refractivity contribution in [1.82, 2.24) is 14.8 Å². The highest BCUT2D eigenvalue weighted by Gasteiger charge is 2.42. The summed E-state index contributed by atoms with van der Waals surface area (Å²) in [6.45, 7) is 16.1. The van der Waals surface area contributed by atoms with Crippen molar-refractivity contribution in [2.75, 3.05) is 46.4 Å². The molecule has 2 bridgehead atoms. The number of aliphatic hydroxyl groups is 1. The number of benzene rings is 3. The number of carbonyl (C=O) groups excluding carboxylic acids is 1. The number of para-hydroxylation sites is 1. The summed E-state index contributed by atoms with van der Waals surface area (Å²) in [6.07, 6.45) is 8.44. The lowest BCUT2D eigenvalue weighted by atomic mass is 9.73. The Labute approximate surface area is 352 Å². The molecule has 292 valence electrons. The zero-order chi connectivity index (χ0) is 39.1. The molecule has 1 N–H and O–H groups in total. The number of carbonyl (C=O) groups is 1. The molecular weight excluding hydrogens is 916 g/mol. The van der Waals surface area contributed by atoms with Crippen LogP contribution in [0.15, 0.2) is 83.9 Å². The van der Waals surface area contributed by atoms with Gasteiger partial charge < -0.3 is 23.9 Å². The van der Waals surface area contributed by atoms with E-state index in [0.29, 0.717) is 29.6 Å². The molecule has 0 amide bonds. The van der Waals surface area contributed by atoms with E-state index in [1.807, 2.05) is 60.7 Å². The van der Waals surface area contributed by atoms with Crippen molar-refractivity contribution >= 4 is 72.8 Å². The number of likely N-dealkylation sites (N-methyl/N-ethyl adjacent to an activating group) is 1. The fourth-order valence-corrected chi connectivity index (χ4v) is 10.2. The van der Waals surface area contributed by atoms with E-state index in [9.17, 15) is 9.90 Å². The van der Waals surface area contributed by atoms with Gasteiger partial charge in [0.1, 0.15) is 29.4 Å². The number of aryl methyl sites for hydroxylation is 1. The maximum absolute atomic E-state index is 13.6. The topological polar surface area (TPSA) is 88.3 Å². The summed E-state index contributed by atoms with van der Waals surface area (Å²) in [4.78, 5) is 22.8. The fraction of sp³-hybridized carbons (Fsp3) is 0.422.